The zero-order valence-corrected chi connectivity index (χ0v) is 19.7. The molecule has 0 bridgehead atoms. The van der Waals surface area contributed by atoms with Crippen LogP contribution in [-0.2, 0) is 5.72 Å². The van der Waals surface area contributed by atoms with Crippen LogP contribution in [0, 0.1) is 11.8 Å². The Hall–Kier alpha value is -1.10. The fraction of sp³-hybridized carbons (Fsp3) is 0.769. The van der Waals surface area contributed by atoms with Gasteiger partial charge in [0.1, 0.15) is 11.4 Å². The molecule has 3 unspecified atom stereocenters. The molecule has 0 radical (unpaired) electrons. The molecule has 0 aromatic heterocycles. The lowest BCUT2D eigenvalue weighted by atomic mass is 9.81. The first kappa shape index (κ1) is 23.6. The molecule has 0 amide bonds. The minimum Gasteiger partial charge on any atom is -0.372 e. The normalized spacial score (nSPS) is 24.2. The molecule has 3 atom stereocenters. The van der Waals surface area contributed by atoms with E-state index in [1.54, 1.807) is 0 Å². The van der Waals surface area contributed by atoms with Crippen molar-refractivity contribution in [1.29, 1.82) is 0 Å². The molecule has 4 heteroatoms. The molecule has 0 spiro atoms. The highest BCUT2D eigenvalue weighted by atomic mass is 16.3. The third kappa shape index (κ3) is 5.38. The summed E-state index contributed by atoms with van der Waals surface area (Å²) in [5.41, 5.74) is -0.0906. The van der Waals surface area contributed by atoms with Crippen molar-refractivity contribution in [1.82, 2.24) is 4.90 Å². The summed E-state index contributed by atoms with van der Waals surface area (Å²) in [5.74, 6) is 0.965. The predicted molar refractivity (Wildman–Crippen MR) is 127 cm³/mol. The lowest BCUT2D eigenvalue weighted by Crippen LogP contribution is -2.50. The fourth-order valence-electron chi connectivity index (χ4n) is 5.90. The quantitative estimate of drug-likeness (QED) is 0.447. The molecular formula is C26H46N2O2. The average molecular weight is 419 g/mol. The monoisotopic (exact) mass is 418 g/mol. The van der Waals surface area contributed by atoms with Gasteiger partial charge in [-0.05, 0) is 76.6 Å². The van der Waals surface area contributed by atoms with Crippen molar-refractivity contribution in [3.8, 4) is 0 Å². The predicted octanol–water partition coefficient (Wildman–Crippen LogP) is 6.09. The molecule has 0 heterocycles. The molecule has 1 aromatic rings. The van der Waals surface area contributed by atoms with Crippen LogP contribution in [0.3, 0.4) is 0 Å². The van der Waals surface area contributed by atoms with E-state index in [0.29, 0.717) is 17.9 Å². The van der Waals surface area contributed by atoms with E-state index < -0.39 is 11.4 Å². The van der Waals surface area contributed by atoms with Gasteiger partial charge in [-0.15, -0.1) is 0 Å². The van der Waals surface area contributed by atoms with E-state index in [1.165, 1.54) is 51.4 Å². The Morgan fingerprint density at radius 2 is 1.50 bits per heavy atom. The van der Waals surface area contributed by atoms with Gasteiger partial charge >= 0.3 is 0 Å². The van der Waals surface area contributed by atoms with E-state index in [4.69, 9.17) is 0 Å². The summed E-state index contributed by atoms with van der Waals surface area (Å²) < 4.78 is 0. The first-order valence-electron chi connectivity index (χ1n) is 12.3. The summed E-state index contributed by atoms with van der Waals surface area (Å²) in [7, 11) is 2.07. The van der Waals surface area contributed by atoms with E-state index in [-0.39, 0.29) is 1.43 Å². The number of aliphatic hydroxyl groups is 2. The molecule has 2 aliphatic carbocycles. The zero-order chi connectivity index (χ0) is 21.8. The number of hydrogen-bond donors (Lipinski definition) is 3. The maximum absolute atomic E-state index is 11.5. The van der Waals surface area contributed by atoms with Crippen LogP contribution in [-0.4, -0.2) is 33.9 Å². The number of nitrogens with zero attached hydrogens (tertiary/aromatic N) is 1. The van der Waals surface area contributed by atoms with Crippen molar-refractivity contribution >= 4 is 5.69 Å². The smallest absolute Gasteiger partial charge is 0.141 e. The first-order valence-corrected chi connectivity index (χ1v) is 12.3. The summed E-state index contributed by atoms with van der Waals surface area (Å²) >= 11 is 0. The highest BCUT2D eigenvalue weighted by molar-refractivity contribution is 5.47. The zero-order valence-electron chi connectivity index (χ0n) is 19.7. The highest BCUT2D eigenvalue weighted by Crippen LogP contribution is 2.37. The van der Waals surface area contributed by atoms with Crippen LogP contribution in [0.15, 0.2) is 24.3 Å². The fourth-order valence-corrected chi connectivity index (χ4v) is 5.90. The van der Waals surface area contributed by atoms with Crippen LogP contribution in [0.25, 0.3) is 0 Å². The van der Waals surface area contributed by atoms with E-state index in [2.05, 4.69) is 24.2 Å². The van der Waals surface area contributed by atoms with E-state index >= 15 is 0 Å². The van der Waals surface area contributed by atoms with Gasteiger partial charge in [-0.2, -0.15) is 0 Å². The van der Waals surface area contributed by atoms with Gasteiger partial charge in [-0.3, -0.25) is 4.90 Å². The summed E-state index contributed by atoms with van der Waals surface area (Å²) in [6.07, 6.45) is 13.4. The van der Waals surface area contributed by atoms with E-state index in [9.17, 15) is 10.2 Å². The summed E-state index contributed by atoms with van der Waals surface area (Å²) in [5, 5.41) is 25.8. The minimum absolute atomic E-state index is 0. The van der Waals surface area contributed by atoms with Crippen LogP contribution in [0.2, 0.25) is 0 Å². The lowest BCUT2D eigenvalue weighted by Gasteiger charge is -2.44. The Morgan fingerprint density at radius 3 is 2.03 bits per heavy atom. The Bertz CT molecular complexity index is 650. The van der Waals surface area contributed by atoms with Gasteiger partial charge in [0.15, 0.2) is 0 Å². The number of anilines is 1. The SMILES string of the molecule is CCC(C1CCCCC1)N(C)C(C)(O)c1ccc(NC(C)(O)C2CCCCC2)cc1.[HH]. The topological polar surface area (TPSA) is 55.7 Å². The molecule has 30 heavy (non-hydrogen) atoms. The summed E-state index contributed by atoms with van der Waals surface area (Å²) in [6, 6.07) is 8.39. The second kappa shape index (κ2) is 10.0. The third-order valence-corrected chi connectivity index (χ3v) is 8.03. The highest BCUT2D eigenvalue weighted by Gasteiger charge is 2.37. The standard InChI is InChI=1S/C26H44N2O2.H2/c1-5-24(20-12-8-6-9-13-20)28(4)26(3,30)22-16-18-23(19-17-22)27-25(2,29)21-14-10-7-11-15-21;/h16-21,24,27,29-30H,5-15H2,1-4H3;1H. The van der Waals surface area contributed by atoms with Crippen molar-refractivity contribution in [3.63, 3.8) is 0 Å². The second-order valence-electron chi connectivity index (χ2n) is 10.2. The Labute approximate surface area is 185 Å². The van der Waals surface area contributed by atoms with E-state index in [0.717, 1.165) is 30.5 Å². The molecule has 2 fully saturated rings. The molecule has 3 N–H and O–H groups in total. The molecule has 3 rings (SSSR count). The lowest BCUT2D eigenvalue weighted by molar-refractivity contribution is -0.121. The van der Waals surface area contributed by atoms with Crippen LogP contribution in [0.5, 0.6) is 0 Å². The molecule has 2 saturated carbocycles. The first-order chi connectivity index (χ1) is 14.3. The van der Waals surface area contributed by atoms with Gasteiger partial charge in [0, 0.05) is 19.1 Å². The van der Waals surface area contributed by atoms with Crippen molar-refractivity contribution in [3.05, 3.63) is 29.8 Å². The Balaban J connectivity index is 0.00000341. The van der Waals surface area contributed by atoms with Crippen LogP contribution >= 0.6 is 0 Å². The molecular weight excluding hydrogens is 372 g/mol. The van der Waals surface area contributed by atoms with Gasteiger partial charge in [0.2, 0.25) is 0 Å². The molecule has 172 valence electrons. The maximum atomic E-state index is 11.5. The number of rotatable bonds is 8. The van der Waals surface area contributed by atoms with Gasteiger partial charge in [-0.1, -0.05) is 57.6 Å². The molecule has 1 aromatic carbocycles. The van der Waals surface area contributed by atoms with Gasteiger partial charge in [0.25, 0.3) is 0 Å². The molecule has 0 saturated heterocycles. The number of benzene rings is 1. The molecule has 2 aliphatic rings. The second-order valence-corrected chi connectivity index (χ2v) is 10.2. The van der Waals surface area contributed by atoms with Crippen molar-refractivity contribution in [2.75, 3.05) is 12.4 Å². The van der Waals surface area contributed by atoms with Gasteiger partial charge in [-0.25, -0.2) is 0 Å². The van der Waals surface area contributed by atoms with Gasteiger partial charge in [0.05, 0.1) is 0 Å². The van der Waals surface area contributed by atoms with Crippen molar-refractivity contribution in [2.24, 2.45) is 11.8 Å². The van der Waals surface area contributed by atoms with Gasteiger partial charge < -0.3 is 15.5 Å². The van der Waals surface area contributed by atoms with Crippen molar-refractivity contribution < 1.29 is 11.6 Å². The van der Waals surface area contributed by atoms with Crippen molar-refractivity contribution in [2.45, 2.75) is 109 Å². The summed E-state index contributed by atoms with van der Waals surface area (Å²) in [4.78, 5) is 2.18. The summed E-state index contributed by atoms with van der Waals surface area (Å²) in [6.45, 7) is 6.06. The van der Waals surface area contributed by atoms with Crippen LogP contribution in [0.4, 0.5) is 5.69 Å². The van der Waals surface area contributed by atoms with E-state index in [1.807, 2.05) is 38.1 Å². The van der Waals surface area contributed by atoms with Crippen LogP contribution < -0.4 is 5.32 Å². The minimum atomic E-state index is -1.01. The Kier molecular flexibility index (Phi) is 7.86. The molecule has 4 nitrogen and oxygen atoms in total. The molecule has 0 aliphatic heterocycles. The number of hydrogen-bond acceptors (Lipinski definition) is 4. The third-order valence-electron chi connectivity index (χ3n) is 8.03. The average Bonchev–Trinajstić information content (AvgIpc) is 2.76. The van der Waals surface area contributed by atoms with Crippen LogP contribution in [0.1, 0.15) is 98.4 Å². The maximum Gasteiger partial charge on any atom is 0.141 e. The largest absolute Gasteiger partial charge is 0.372 e. The Morgan fingerprint density at radius 1 is 0.967 bits per heavy atom. The number of nitrogens with one attached hydrogen (secondary N) is 1.